The normalized spacial score (nSPS) is 50.2. The van der Waals surface area contributed by atoms with E-state index in [1.54, 1.807) is 63.4 Å². The Hall–Kier alpha value is -0.260. The quantitative estimate of drug-likeness (QED) is 0.455. The average molecular weight is 355 g/mol. The van der Waals surface area contributed by atoms with Gasteiger partial charge in [-0.2, -0.15) is 0 Å². The van der Waals surface area contributed by atoms with Crippen LogP contribution < -0.4 is 0 Å². The Morgan fingerprint density at radius 2 is 1.42 bits per heavy atom. The highest BCUT2D eigenvalue weighted by Crippen LogP contribution is 2.63. The molecule has 0 aliphatic heterocycles. The maximum Gasteiger partial charge on any atom is -0.0194 e. The SMILES string of the molecule is CCCCC1CCC(C2C3CC(C)=CC3CC3C4CCC(CC4)C32)CC1. The second-order valence-electron chi connectivity index (χ2n) is 11.2. The van der Waals surface area contributed by atoms with Crippen LogP contribution in [0.1, 0.15) is 97.3 Å². The van der Waals surface area contributed by atoms with E-state index in [1.165, 1.54) is 25.7 Å². The summed E-state index contributed by atoms with van der Waals surface area (Å²) >= 11 is 0. The Bertz CT molecular complexity index is 514. The van der Waals surface area contributed by atoms with Gasteiger partial charge in [-0.15, -0.1) is 0 Å². The van der Waals surface area contributed by atoms with E-state index in [1.807, 2.05) is 0 Å². The van der Waals surface area contributed by atoms with E-state index in [0.717, 1.165) is 53.3 Å². The number of fused-ring (bicyclic) bond motifs is 3. The standard InChI is InChI=1S/C26H42/c1-3-4-5-18-6-8-20(9-7-18)25-23-15-17(2)14-22(23)16-24-19-10-12-21(13-11-19)26(24)25/h14,18-26H,3-13,15-16H2,1-2H3. The van der Waals surface area contributed by atoms with Gasteiger partial charge < -0.3 is 0 Å². The summed E-state index contributed by atoms with van der Waals surface area (Å²) in [6, 6.07) is 0. The summed E-state index contributed by atoms with van der Waals surface area (Å²) in [5.74, 6) is 9.78. The first kappa shape index (κ1) is 17.8. The van der Waals surface area contributed by atoms with Crippen molar-refractivity contribution < 1.29 is 0 Å². The molecule has 5 saturated carbocycles. The predicted molar refractivity (Wildman–Crippen MR) is 111 cm³/mol. The van der Waals surface area contributed by atoms with Crippen molar-refractivity contribution in [1.29, 1.82) is 0 Å². The molecular weight excluding hydrogens is 312 g/mol. The third-order valence-corrected chi connectivity index (χ3v) is 9.95. The lowest BCUT2D eigenvalue weighted by Gasteiger charge is -2.59. The van der Waals surface area contributed by atoms with E-state index >= 15 is 0 Å². The fourth-order valence-electron chi connectivity index (χ4n) is 8.93. The van der Waals surface area contributed by atoms with Crippen LogP contribution in [0.15, 0.2) is 11.6 Å². The molecule has 6 aliphatic rings. The van der Waals surface area contributed by atoms with Gasteiger partial charge in [0.1, 0.15) is 0 Å². The van der Waals surface area contributed by atoms with Crippen molar-refractivity contribution in [3.63, 3.8) is 0 Å². The summed E-state index contributed by atoms with van der Waals surface area (Å²) in [5, 5.41) is 0. The van der Waals surface area contributed by atoms with Gasteiger partial charge in [0, 0.05) is 0 Å². The van der Waals surface area contributed by atoms with Crippen LogP contribution in [-0.4, -0.2) is 0 Å². The van der Waals surface area contributed by atoms with E-state index in [4.69, 9.17) is 0 Å². The number of hydrogen-bond donors (Lipinski definition) is 0. The Morgan fingerprint density at radius 3 is 2.12 bits per heavy atom. The van der Waals surface area contributed by atoms with Crippen molar-refractivity contribution in [3.8, 4) is 0 Å². The maximum absolute atomic E-state index is 2.74. The van der Waals surface area contributed by atoms with Gasteiger partial charge in [-0.25, -0.2) is 0 Å². The summed E-state index contributed by atoms with van der Waals surface area (Å²) in [6.07, 6.45) is 22.8. The lowest BCUT2D eigenvalue weighted by molar-refractivity contribution is -0.101. The van der Waals surface area contributed by atoms with Gasteiger partial charge in [-0.1, -0.05) is 50.7 Å². The van der Waals surface area contributed by atoms with Gasteiger partial charge in [0.2, 0.25) is 0 Å². The lowest BCUT2D eigenvalue weighted by atomic mass is 9.46. The van der Waals surface area contributed by atoms with Crippen LogP contribution >= 0.6 is 0 Å². The zero-order chi connectivity index (χ0) is 17.7. The summed E-state index contributed by atoms with van der Waals surface area (Å²) in [6.45, 7) is 4.80. The van der Waals surface area contributed by atoms with E-state index in [0.29, 0.717) is 0 Å². The van der Waals surface area contributed by atoms with Crippen molar-refractivity contribution >= 4 is 0 Å². The minimum atomic E-state index is 0.971. The second kappa shape index (κ2) is 7.29. The molecule has 146 valence electrons. The van der Waals surface area contributed by atoms with E-state index in [-0.39, 0.29) is 0 Å². The highest BCUT2D eigenvalue weighted by atomic mass is 14.6. The summed E-state index contributed by atoms with van der Waals surface area (Å²) in [7, 11) is 0. The van der Waals surface area contributed by atoms with Gasteiger partial charge in [-0.05, 0) is 112 Å². The van der Waals surface area contributed by atoms with Crippen LogP contribution in [0.5, 0.6) is 0 Å². The van der Waals surface area contributed by atoms with Crippen molar-refractivity contribution in [2.75, 3.05) is 0 Å². The molecule has 0 N–H and O–H groups in total. The molecule has 0 amide bonds. The molecule has 6 aliphatic carbocycles. The van der Waals surface area contributed by atoms with Gasteiger partial charge in [0.15, 0.2) is 0 Å². The fourth-order valence-corrected chi connectivity index (χ4v) is 8.93. The summed E-state index contributed by atoms with van der Waals surface area (Å²) in [5.41, 5.74) is 1.74. The van der Waals surface area contributed by atoms with Crippen LogP contribution in [0.3, 0.4) is 0 Å². The molecule has 5 atom stereocenters. The van der Waals surface area contributed by atoms with Crippen molar-refractivity contribution in [3.05, 3.63) is 11.6 Å². The van der Waals surface area contributed by atoms with Crippen molar-refractivity contribution in [2.45, 2.75) is 97.3 Å². The summed E-state index contributed by atoms with van der Waals surface area (Å²) < 4.78 is 0. The Kier molecular flexibility index (Phi) is 4.99. The average Bonchev–Trinajstić information content (AvgIpc) is 3.05. The van der Waals surface area contributed by atoms with Crippen LogP contribution in [0, 0.1) is 53.3 Å². The molecule has 5 unspecified atom stereocenters. The van der Waals surface area contributed by atoms with Gasteiger partial charge in [-0.3, -0.25) is 0 Å². The van der Waals surface area contributed by atoms with E-state index in [2.05, 4.69) is 19.9 Å². The smallest absolute Gasteiger partial charge is 0.0194 e. The minimum absolute atomic E-state index is 0.971. The topological polar surface area (TPSA) is 0 Å². The van der Waals surface area contributed by atoms with Gasteiger partial charge >= 0.3 is 0 Å². The Balaban J connectivity index is 1.35. The molecule has 0 aromatic heterocycles. The number of allylic oxidation sites excluding steroid dienone is 2. The third kappa shape index (κ3) is 3.02. The maximum atomic E-state index is 2.74. The Morgan fingerprint density at radius 1 is 0.808 bits per heavy atom. The molecule has 5 fully saturated rings. The van der Waals surface area contributed by atoms with E-state index < -0.39 is 0 Å². The molecule has 0 aromatic carbocycles. The fraction of sp³-hybridized carbons (Fsp3) is 0.923. The van der Waals surface area contributed by atoms with Gasteiger partial charge in [0.25, 0.3) is 0 Å². The predicted octanol–water partition coefficient (Wildman–Crippen LogP) is 7.64. The summed E-state index contributed by atoms with van der Waals surface area (Å²) in [4.78, 5) is 0. The first-order valence-corrected chi connectivity index (χ1v) is 12.4. The van der Waals surface area contributed by atoms with Crippen LogP contribution in [-0.2, 0) is 0 Å². The van der Waals surface area contributed by atoms with Gasteiger partial charge in [0.05, 0.1) is 0 Å². The van der Waals surface area contributed by atoms with E-state index in [9.17, 15) is 0 Å². The monoisotopic (exact) mass is 354 g/mol. The van der Waals surface area contributed by atoms with Crippen LogP contribution in [0.4, 0.5) is 0 Å². The molecule has 0 nitrogen and oxygen atoms in total. The molecule has 0 saturated heterocycles. The number of hydrogen-bond acceptors (Lipinski definition) is 0. The van der Waals surface area contributed by atoms with Crippen molar-refractivity contribution in [2.24, 2.45) is 53.3 Å². The minimum Gasteiger partial charge on any atom is -0.0822 e. The molecule has 0 heteroatoms. The zero-order valence-corrected chi connectivity index (χ0v) is 17.5. The van der Waals surface area contributed by atoms with Crippen LogP contribution in [0.2, 0.25) is 0 Å². The lowest BCUT2D eigenvalue weighted by Crippen LogP contribution is -2.52. The first-order valence-electron chi connectivity index (χ1n) is 12.4. The van der Waals surface area contributed by atoms with Crippen molar-refractivity contribution in [1.82, 2.24) is 0 Å². The largest absolute Gasteiger partial charge is 0.0822 e. The highest BCUT2D eigenvalue weighted by Gasteiger charge is 2.55. The second-order valence-corrected chi connectivity index (χ2v) is 11.2. The number of rotatable bonds is 4. The molecule has 26 heavy (non-hydrogen) atoms. The molecule has 2 bridgehead atoms. The molecule has 0 heterocycles. The molecular formula is C26H42. The number of unbranched alkanes of at least 4 members (excludes halogenated alkanes) is 1. The molecule has 6 rings (SSSR count). The van der Waals surface area contributed by atoms with Crippen LogP contribution in [0.25, 0.3) is 0 Å². The Labute approximate surface area is 162 Å². The molecule has 0 radical (unpaired) electrons. The first-order chi connectivity index (χ1) is 12.7. The highest BCUT2D eigenvalue weighted by molar-refractivity contribution is 5.17. The third-order valence-electron chi connectivity index (χ3n) is 9.95. The zero-order valence-electron chi connectivity index (χ0n) is 17.5. The molecule has 0 aromatic rings. The molecule has 0 spiro atoms.